The first-order chi connectivity index (χ1) is 10.2. The number of halogens is 1. The average Bonchev–Trinajstić information content (AvgIpc) is 3.01. The summed E-state index contributed by atoms with van der Waals surface area (Å²) in [5.41, 5.74) is 4.98. The first-order valence-corrected chi connectivity index (χ1v) is 8.13. The van der Waals surface area contributed by atoms with Crippen LogP contribution in [0.15, 0.2) is 34.8 Å². The van der Waals surface area contributed by atoms with E-state index in [1.807, 2.05) is 18.2 Å². The molecule has 1 aliphatic rings. The first kappa shape index (κ1) is 14.5. The summed E-state index contributed by atoms with van der Waals surface area (Å²) in [6.45, 7) is 0. The molecule has 0 bridgehead atoms. The molecule has 1 fully saturated rings. The maximum absolute atomic E-state index is 5.56. The largest absolute Gasteiger partial charge is 0.308 e. The van der Waals surface area contributed by atoms with Crippen LogP contribution < -0.4 is 11.3 Å². The van der Waals surface area contributed by atoms with E-state index in [-0.39, 0.29) is 0 Å². The molecule has 0 aliphatic heterocycles. The van der Waals surface area contributed by atoms with Crippen molar-refractivity contribution in [1.29, 1.82) is 0 Å². The molecule has 0 atom stereocenters. The van der Waals surface area contributed by atoms with Crippen LogP contribution in [0.1, 0.15) is 48.7 Å². The smallest absolute Gasteiger partial charge is 0.143 e. The molecule has 0 unspecified atom stereocenters. The topological polar surface area (TPSA) is 63.8 Å². The Hall–Kier alpha value is -1.46. The Morgan fingerprint density at radius 2 is 2.00 bits per heavy atom. The van der Waals surface area contributed by atoms with Gasteiger partial charge in [0.25, 0.3) is 0 Å². The lowest BCUT2D eigenvalue weighted by Gasteiger charge is -2.12. The van der Waals surface area contributed by atoms with E-state index in [4.69, 9.17) is 10.8 Å². The SMILES string of the molecule is NNc1cc(C2CCCC2)nc(Cc2cccc(Br)c2)n1. The highest BCUT2D eigenvalue weighted by Gasteiger charge is 2.20. The molecule has 3 N–H and O–H groups in total. The fourth-order valence-corrected chi connectivity index (χ4v) is 3.38. The van der Waals surface area contributed by atoms with E-state index in [0.29, 0.717) is 18.2 Å². The van der Waals surface area contributed by atoms with Crippen molar-refractivity contribution in [2.45, 2.75) is 38.0 Å². The van der Waals surface area contributed by atoms with Crippen LogP contribution in [0.4, 0.5) is 5.82 Å². The Labute approximate surface area is 133 Å². The van der Waals surface area contributed by atoms with E-state index in [1.54, 1.807) is 0 Å². The second-order valence-corrected chi connectivity index (χ2v) is 6.44. The zero-order valence-electron chi connectivity index (χ0n) is 11.8. The minimum atomic E-state index is 0.557. The molecule has 0 radical (unpaired) electrons. The summed E-state index contributed by atoms with van der Waals surface area (Å²) < 4.78 is 1.07. The summed E-state index contributed by atoms with van der Waals surface area (Å²) in [6.07, 6.45) is 5.74. The van der Waals surface area contributed by atoms with Crippen LogP contribution in [-0.2, 0) is 6.42 Å². The summed E-state index contributed by atoms with van der Waals surface area (Å²) in [5.74, 6) is 7.64. The molecule has 1 heterocycles. The van der Waals surface area contributed by atoms with Crippen LogP contribution in [0.3, 0.4) is 0 Å². The highest BCUT2D eigenvalue weighted by molar-refractivity contribution is 9.10. The first-order valence-electron chi connectivity index (χ1n) is 7.33. The molecular formula is C16H19BrN4. The molecule has 1 saturated carbocycles. The van der Waals surface area contributed by atoms with Crippen molar-refractivity contribution >= 4 is 21.7 Å². The molecule has 0 saturated heterocycles. The van der Waals surface area contributed by atoms with Gasteiger partial charge in [-0.2, -0.15) is 0 Å². The molecule has 4 nitrogen and oxygen atoms in total. The number of nitrogens with one attached hydrogen (secondary N) is 1. The second kappa shape index (κ2) is 6.54. The summed E-state index contributed by atoms with van der Waals surface area (Å²) in [7, 11) is 0. The normalized spacial score (nSPS) is 15.3. The van der Waals surface area contributed by atoms with Gasteiger partial charge >= 0.3 is 0 Å². The lowest BCUT2D eigenvalue weighted by atomic mass is 10.0. The third-order valence-electron chi connectivity index (χ3n) is 3.96. The van der Waals surface area contributed by atoms with Crippen molar-refractivity contribution in [2.75, 3.05) is 5.43 Å². The molecule has 3 rings (SSSR count). The van der Waals surface area contributed by atoms with E-state index in [2.05, 4.69) is 38.5 Å². The van der Waals surface area contributed by atoms with E-state index >= 15 is 0 Å². The number of hydrogen-bond acceptors (Lipinski definition) is 4. The van der Waals surface area contributed by atoms with E-state index in [1.165, 1.54) is 31.2 Å². The van der Waals surface area contributed by atoms with Crippen molar-refractivity contribution in [3.8, 4) is 0 Å². The number of rotatable bonds is 4. The molecule has 0 spiro atoms. The Kier molecular flexibility index (Phi) is 4.51. The molecule has 1 aromatic carbocycles. The minimum absolute atomic E-state index is 0.557. The van der Waals surface area contributed by atoms with Crippen LogP contribution in [0.25, 0.3) is 0 Å². The van der Waals surface area contributed by atoms with Gasteiger partial charge in [0.05, 0.1) is 0 Å². The fraction of sp³-hybridized carbons (Fsp3) is 0.375. The van der Waals surface area contributed by atoms with Crippen molar-refractivity contribution in [3.05, 3.63) is 51.9 Å². The van der Waals surface area contributed by atoms with Crippen LogP contribution in [0, 0.1) is 0 Å². The van der Waals surface area contributed by atoms with Gasteiger partial charge in [0.1, 0.15) is 11.6 Å². The van der Waals surface area contributed by atoms with Gasteiger partial charge in [-0.15, -0.1) is 0 Å². The molecule has 5 heteroatoms. The van der Waals surface area contributed by atoms with Gasteiger partial charge < -0.3 is 5.43 Å². The van der Waals surface area contributed by atoms with Gasteiger partial charge in [-0.25, -0.2) is 15.8 Å². The Balaban J connectivity index is 1.88. The van der Waals surface area contributed by atoms with Gasteiger partial charge in [-0.3, -0.25) is 0 Å². The highest BCUT2D eigenvalue weighted by Crippen LogP contribution is 2.33. The van der Waals surface area contributed by atoms with Crippen LogP contribution >= 0.6 is 15.9 Å². The number of anilines is 1. The maximum atomic E-state index is 5.56. The van der Waals surface area contributed by atoms with Gasteiger partial charge in [0.15, 0.2) is 0 Å². The minimum Gasteiger partial charge on any atom is -0.308 e. The zero-order valence-corrected chi connectivity index (χ0v) is 13.4. The molecule has 0 amide bonds. The quantitative estimate of drug-likeness (QED) is 0.653. The molecule has 1 aromatic heterocycles. The van der Waals surface area contributed by atoms with Crippen molar-refractivity contribution in [3.63, 3.8) is 0 Å². The van der Waals surface area contributed by atoms with Gasteiger partial charge in [-0.05, 0) is 30.5 Å². The van der Waals surface area contributed by atoms with Crippen LogP contribution in [-0.4, -0.2) is 9.97 Å². The van der Waals surface area contributed by atoms with Crippen molar-refractivity contribution < 1.29 is 0 Å². The standard InChI is InChI=1S/C16H19BrN4/c17-13-7-3-4-11(8-13)9-15-19-14(10-16(20-15)21-18)12-5-1-2-6-12/h3-4,7-8,10,12H,1-2,5-6,9,18H2,(H,19,20,21). The lowest BCUT2D eigenvalue weighted by Crippen LogP contribution is -2.13. The predicted octanol–water partition coefficient (Wildman–Crippen LogP) is 3.77. The number of nitrogens with zero attached hydrogens (tertiary/aromatic N) is 2. The van der Waals surface area contributed by atoms with Crippen molar-refractivity contribution in [1.82, 2.24) is 9.97 Å². The third-order valence-corrected chi connectivity index (χ3v) is 4.46. The third kappa shape index (κ3) is 3.60. The molecule has 2 aromatic rings. The van der Waals surface area contributed by atoms with Crippen LogP contribution in [0.2, 0.25) is 0 Å². The number of nitrogens with two attached hydrogens (primary N) is 1. The number of aromatic nitrogens is 2. The fourth-order valence-electron chi connectivity index (χ4n) is 2.93. The van der Waals surface area contributed by atoms with Gasteiger partial charge in [-0.1, -0.05) is 40.9 Å². The summed E-state index contributed by atoms with van der Waals surface area (Å²) in [6, 6.07) is 10.2. The Bertz CT molecular complexity index is 623. The maximum Gasteiger partial charge on any atom is 0.143 e. The molecule has 1 aliphatic carbocycles. The highest BCUT2D eigenvalue weighted by atomic mass is 79.9. The Morgan fingerprint density at radius 1 is 1.19 bits per heavy atom. The zero-order chi connectivity index (χ0) is 14.7. The van der Waals surface area contributed by atoms with Gasteiger partial charge in [0.2, 0.25) is 0 Å². The van der Waals surface area contributed by atoms with Crippen LogP contribution in [0.5, 0.6) is 0 Å². The van der Waals surface area contributed by atoms with Crippen molar-refractivity contribution in [2.24, 2.45) is 5.84 Å². The average molecular weight is 347 g/mol. The Morgan fingerprint density at radius 3 is 2.71 bits per heavy atom. The van der Waals surface area contributed by atoms with E-state index < -0.39 is 0 Å². The molecular weight excluding hydrogens is 328 g/mol. The van der Waals surface area contributed by atoms with E-state index in [0.717, 1.165) is 16.0 Å². The number of hydrazine groups is 1. The number of benzene rings is 1. The number of nitrogen functional groups attached to an aromatic ring is 1. The summed E-state index contributed by atoms with van der Waals surface area (Å²) >= 11 is 3.50. The summed E-state index contributed by atoms with van der Waals surface area (Å²) in [5, 5.41) is 0. The van der Waals surface area contributed by atoms with E-state index in [9.17, 15) is 0 Å². The second-order valence-electron chi connectivity index (χ2n) is 5.53. The number of hydrogen-bond donors (Lipinski definition) is 2. The molecule has 21 heavy (non-hydrogen) atoms. The van der Waals surface area contributed by atoms with Gasteiger partial charge in [0, 0.05) is 28.6 Å². The monoisotopic (exact) mass is 346 g/mol. The predicted molar refractivity (Wildman–Crippen MR) is 88.0 cm³/mol. The lowest BCUT2D eigenvalue weighted by molar-refractivity contribution is 0.686. The molecule has 110 valence electrons. The summed E-state index contributed by atoms with van der Waals surface area (Å²) in [4.78, 5) is 9.25.